The Morgan fingerprint density at radius 2 is 1.25 bits per heavy atom. The van der Waals surface area contributed by atoms with Crippen molar-refractivity contribution in [2.75, 3.05) is 0 Å². The molecule has 0 unspecified atom stereocenters. The van der Waals surface area contributed by atoms with Gasteiger partial charge in [-0.3, -0.25) is 20.2 Å². The highest BCUT2D eigenvalue weighted by Gasteiger charge is 2.25. The number of ether oxygens (including phenoxy) is 1. The van der Waals surface area contributed by atoms with E-state index in [2.05, 4.69) is 0 Å². The molecule has 0 aromatic heterocycles. The Labute approximate surface area is 161 Å². The standard InChI is InChI=1S/C21H18N2O5/c1-14-3-7-16(8-4-14)21(17-9-5-15(2)6-10-17)28-20-12-11-18(22(24)25)13-19(20)23(26)27/h3-13,21H,1-2H3. The number of non-ortho nitro benzene ring substituents is 1. The summed E-state index contributed by atoms with van der Waals surface area (Å²) in [6, 6.07) is 18.7. The first kappa shape index (κ1) is 19.0. The first-order valence-electron chi connectivity index (χ1n) is 8.58. The van der Waals surface area contributed by atoms with Gasteiger partial charge in [0, 0.05) is 6.07 Å². The van der Waals surface area contributed by atoms with Gasteiger partial charge >= 0.3 is 5.69 Å². The average Bonchev–Trinajstić information content (AvgIpc) is 2.67. The Bertz CT molecular complexity index is 968. The molecule has 3 aromatic rings. The van der Waals surface area contributed by atoms with Gasteiger partial charge in [0.25, 0.3) is 5.69 Å². The zero-order valence-corrected chi connectivity index (χ0v) is 15.4. The minimum Gasteiger partial charge on any atom is -0.474 e. The van der Waals surface area contributed by atoms with Gasteiger partial charge in [0.2, 0.25) is 0 Å². The highest BCUT2D eigenvalue weighted by Crippen LogP contribution is 2.36. The van der Waals surface area contributed by atoms with E-state index in [0.717, 1.165) is 28.3 Å². The van der Waals surface area contributed by atoms with E-state index >= 15 is 0 Å². The highest BCUT2D eigenvalue weighted by molar-refractivity contribution is 5.54. The summed E-state index contributed by atoms with van der Waals surface area (Å²) < 4.78 is 6.03. The lowest BCUT2D eigenvalue weighted by atomic mass is 9.99. The average molecular weight is 378 g/mol. The van der Waals surface area contributed by atoms with E-state index < -0.39 is 21.6 Å². The van der Waals surface area contributed by atoms with Crippen molar-refractivity contribution in [2.45, 2.75) is 20.0 Å². The molecule has 0 heterocycles. The normalized spacial score (nSPS) is 10.7. The van der Waals surface area contributed by atoms with E-state index in [1.54, 1.807) is 0 Å². The first-order chi connectivity index (χ1) is 13.3. The van der Waals surface area contributed by atoms with Crippen molar-refractivity contribution in [2.24, 2.45) is 0 Å². The fraction of sp³-hybridized carbons (Fsp3) is 0.143. The number of nitrogens with zero attached hydrogens (tertiary/aromatic N) is 2. The Morgan fingerprint density at radius 1 is 0.750 bits per heavy atom. The van der Waals surface area contributed by atoms with Gasteiger partial charge in [-0.05, 0) is 31.0 Å². The second-order valence-electron chi connectivity index (χ2n) is 6.49. The minimum atomic E-state index is -0.677. The lowest BCUT2D eigenvalue weighted by Gasteiger charge is -2.20. The largest absolute Gasteiger partial charge is 0.474 e. The van der Waals surface area contributed by atoms with Gasteiger partial charge in [0.05, 0.1) is 15.9 Å². The van der Waals surface area contributed by atoms with Crippen molar-refractivity contribution in [3.05, 3.63) is 109 Å². The quantitative estimate of drug-likeness (QED) is 0.429. The van der Waals surface area contributed by atoms with Crippen molar-refractivity contribution in [3.63, 3.8) is 0 Å². The molecule has 0 amide bonds. The maximum atomic E-state index is 11.4. The van der Waals surface area contributed by atoms with E-state index in [0.29, 0.717) is 0 Å². The van der Waals surface area contributed by atoms with Crippen molar-refractivity contribution < 1.29 is 14.6 Å². The van der Waals surface area contributed by atoms with E-state index in [4.69, 9.17) is 4.74 Å². The topological polar surface area (TPSA) is 95.5 Å². The van der Waals surface area contributed by atoms with Gasteiger partial charge in [0.1, 0.15) is 6.10 Å². The van der Waals surface area contributed by atoms with Gasteiger partial charge in [-0.2, -0.15) is 0 Å². The van der Waals surface area contributed by atoms with Crippen molar-refractivity contribution >= 4 is 11.4 Å². The summed E-state index contributed by atoms with van der Waals surface area (Å²) in [7, 11) is 0. The molecule has 0 atom stereocenters. The molecule has 0 N–H and O–H groups in total. The smallest absolute Gasteiger partial charge is 0.317 e. The van der Waals surface area contributed by atoms with Crippen molar-refractivity contribution in [3.8, 4) is 5.75 Å². The van der Waals surface area contributed by atoms with Crippen LogP contribution in [0.15, 0.2) is 66.7 Å². The van der Waals surface area contributed by atoms with Crippen LogP contribution in [0.4, 0.5) is 11.4 Å². The molecule has 0 saturated carbocycles. The summed E-state index contributed by atoms with van der Waals surface area (Å²) in [6.07, 6.45) is -0.596. The Balaban J connectivity index is 2.07. The molecule has 142 valence electrons. The molecule has 3 rings (SSSR count). The summed E-state index contributed by atoms with van der Waals surface area (Å²) in [5.74, 6) is -0.0262. The number of nitro groups is 2. The number of hydrogen-bond donors (Lipinski definition) is 0. The van der Waals surface area contributed by atoms with E-state index in [1.807, 2.05) is 62.4 Å². The van der Waals surface area contributed by atoms with E-state index in [1.165, 1.54) is 12.1 Å². The van der Waals surface area contributed by atoms with Crippen LogP contribution in [-0.2, 0) is 0 Å². The zero-order chi connectivity index (χ0) is 20.3. The van der Waals surface area contributed by atoms with Crippen molar-refractivity contribution in [1.29, 1.82) is 0 Å². The lowest BCUT2D eigenvalue weighted by molar-refractivity contribution is -0.394. The van der Waals surface area contributed by atoms with Crippen LogP contribution in [0.2, 0.25) is 0 Å². The molecule has 0 bridgehead atoms. The van der Waals surface area contributed by atoms with Crippen LogP contribution in [0.5, 0.6) is 5.75 Å². The molecular weight excluding hydrogens is 360 g/mol. The van der Waals surface area contributed by atoms with Crippen LogP contribution >= 0.6 is 0 Å². The fourth-order valence-electron chi connectivity index (χ4n) is 2.80. The maximum absolute atomic E-state index is 11.4. The zero-order valence-electron chi connectivity index (χ0n) is 15.4. The van der Waals surface area contributed by atoms with Gasteiger partial charge in [0.15, 0.2) is 5.75 Å². The Morgan fingerprint density at radius 3 is 1.68 bits per heavy atom. The SMILES string of the molecule is Cc1ccc(C(Oc2ccc([N+](=O)[O-])cc2[N+](=O)[O-])c2ccc(C)cc2)cc1. The van der Waals surface area contributed by atoms with Crippen LogP contribution in [-0.4, -0.2) is 9.85 Å². The monoisotopic (exact) mass is 378 g/mol. The molecule has 7 heteroatoms. The van der Waals surface area contributed by atoms with Crippen LogP contribution in [0.1, 0.15) is 28.4 Å². The second kappa shape index (κ2) is 7.87. The van der Waals surface area contributed by atoms with Crippen LogP contribution in [0.25, 0.3) is 0 Å². The minimum absolute atomic E-state index is 0.0262. The third-order valence-electron chi connectivity index (χ3n) is 4.36. The second-order valence-corrected chi connectivity index (χ2v) is 6.49. The predicted octanol–water partition coefficient (Wildman–Crippen LogP) is 5.29. The van der Waals surface area contributed by atoms with Gasteiger partial charge < -0.3 is 4.74 Å². The lowest BCUT2D eigenvalue weighted by Crippen LogP contribution is -2.11. The number of hydrogen-bond acceptors (Lipinski definition) is 5. The van der Waals surface area contributed by atoms with E-state index in [-0.39, 0.29) is 11.4 Å². The number of aryl methyl sites for hydroxylation is 2. The molecule has 0 saturated heterocycles. The molecule has 0 radical (unpaired) electrons. The summed E-state index contributed by atoms with van der Waals surface area (Å²) in [4.78, 5) is 21.1. The number of nitro benzene ring substituents is 2. The van der Waals surface area contributed by atoms with Gasteiger partial charge in [-0.15, -0.1) is 0 Å². The van der Waals surface area contributed by atoms with Crippen LogP contribution < -0.4 is 4.74 Å². The molecule has 0 fully saturated rings. The number of rotatable bonds is 6. The Kier molecular flexibility index (Phi) is 5.35. The molecule has 0 aliphatic rings. The summed E-state index contributed by atoms with van der Waals surface area (Å²) in [5, 5.41) is 22.4. The summed E-state index contributed by atoms with van der Waals surface area (Å²) in [5.41, 5.74) is 2.99. The summed E-state index contributed by atoms with van der Waals surface area (Å²) >= 11 is 0. The molecular formula is C21H18N2O5. The Hall–Kier alpha value is -3.74. The van der Waals surface area contributed by atoms with Crippen LogP contribution in [0, 0.1) is 34.1 Å². The molecule has 7 nitrogen and oxygen atoms in total. The molecule has 0 aliphatic carbocycles. The third kappa shape index (κ3) is 4.15. The fourth-order valence-corrected chi connectivity index (χ4v) is 2.80. The maximum Gasteiger partial charge on any atom is 0.317 e. The van der Waals surface area contributed by atoms with Crippen molar-refractivity contribution in [1.82, 2.24) is 0 Å². The van der Waals surface area contributed by atoms with Gasteiger partial charge in [-0.1, -0.05) is 59.7 Å². The summed E-state index contributed by atoms with van der Waals surface area (Å²) in [6.45, 7) is 3.93. The molecule has 3 aromatic carbocycles. The molecule has 0 aliphatic heterocycles. The van der Waals surface area contributed by atoms with E-state index in [9.17, 15) is 20.2 Å². The highest BCUT2D eigenvalue weighted by atomic mass is 16.6. The molecule has 28 heavy (non-hydrogen) atoms. The predicted molar refractivity (Wildman–Crippen MR) is 105 cm³/mol. The molecule has 0 spiro atoms. The first-order valence-corrected chi connectivity index (χ1v) is 8.58. The van der Waals surface area contributed by atoms with Crippen LogP contribution in [0.3, 0.4) is 0 Å². The number of benzene rings is 3. The van der Waals surface area contributed by atoms with Gasteiger partial charge in [-0.25, -0.2) is 0 Å². The third-order valence-corrected chi connectivity index (χ3v) is 4.36.